The van der Waals surface area contributed by atoms with E-state index in [1.54, 1.807) is 0 Å². The molecule has 0 bridgehead atoms. The van der Waals surface area contributed by atoms with Crippen LogP contribution in [-0.2, 0) is 17.9 Å². The van der Waals surface area contributed by atoms with E-state index in [-0.39, 0.29) is 5.91 Å². The zero-order valence-corrected chi connectivity index (χ0v) is 19.5. The zero-order chi connectivity index (χ0) is 23.2. The highest BCUT2D eigenvalue weighted by atomic mass is 16.2. The van der Waals surface area contributed by atoms with Crippen LogP contribution in [0.15, 0.2) is 54.7 Å². The van der Waals surface area contributed by atoms with E-state index in [9.17, 15) is 4.79 Å². The summed E-state index contributed by atoms with van der Waals surface area (Å²) in [7, 11) is 0. The van der Waals surface area contributed by atoms with Crippen molar-refractivity contribution in [2.24, 2.45) is 0 Å². The number of pyridine rings is 1. The van der Waals surface area contributed by atoms with Crippen molar-refractivity contribution in [3.05, 3.63) is 71.7 Å². The van der Waals surface area contributed by atoms with Gasteiger partial charge in [-0.1, -0.05) is 29.8 Å². The van der Waals surface area contributed by atoms with Crippen molar-refractivity contribution >= 4 is 22.6 Å². The van der Waals surface area contributed by atoms with E-state index in [1.807, 2.05) is 34.8 Å². The minimum atomic E-state index is 0.210. The van der Waals surface area contributed by atoms with E-state index in [0.717, 1.165) is 59.9 Å². The maximum Gasteiger partial charge on any atom is 0.224 e. The normalized spacial score (nSPS) is 13.6. The Morgan fingerprint density at radius 2 is 1.88 bits per heavy atom. The van der Waals surface area contributed by atoms with Crippen LogP contribution in [0.5, 0.6) is 0 Å². The Morgan fingerprint density at radius 3 is 2.68 bits per heavy atom. The Morgan fingerprint density at radius 1 is 1.00 bits per heavy atom. The average molecular weight is 454 g/mol. The topological polar surface area (TPSA) is 73.2 Å². The molecule has 6 rings (SSSR count). The Balaban J connectivity index is 1.40. The minimum absolute atomic E-state index is 0.210. The first-order chi connectivity index (χ1) is 16.6. The molecule has 0 N–H and O–H groups in total. The number of nitrogens with zero attached hydrogens (tertiary/aromatic N) is 7. The van der Waals surface area contributed by atoms with E-state index >= 15 is 0 Å². The molecule has 0 aliphatic carbocycles. The van der Waals surface area contributed by atoms with E-state index in [1.165, 1.54) is 11.1 Å². The van der Waals surface area contributed by atoms with Gasteiger partial charge in [0.15, 0.2) is 5.65 Å². The first-order valence-electron chi connectivity index (χ1n) is 11.8. The smallest absolute Gasteiger partial charge is 0.224 e. The summed E-state index contributed by atoms with van der Waals surface area (Å²) in [4.78, 5) is 14.2. The van der Waals surface area contributed by atoms with Gasteiger partial charge in [-0.15, -0.1) is 10.2 Å². The van der Waals surface area contributed by atoms with Gasteiger partial charge in [0.2, 0.25) is 5.91 Å². The van der Waals surface area contributed by atoms with Crippen molar-refractivity contribution in [3.8, 4) is 11.4 Å². The van der Waals surface area contributed by atoms with Crippen LogP contribution < -0.4 is 0 Å². The van der Waals surface area contributed by atoms with Gasteiger partial charge in [-0.25, -0.2) is 0 Å². The van der Waals surface area contributed by atoms with Gasteiger partial charge in [0.05, 0.1) is 16.7 Å². The van der Waals surface area contributed by atoms with Gasteiger partial charge < -0.3 is 9.47 Å². The monoisotopic (exact) mass is 453 g/mol. The predicted octanol–water partition coefficient (Wildman–Crippen LogP) is 3.84. The molecule has 0 atom stereocenters. The molecule has 1 aromatic carbocycles. The summed E-state index contributed by atoms with van der Waals surface area (Å²) in [5.74, 6) is 1.07. The summed E-state index contributed by atoms with van der Waals surface area (Å²) in [5.41, 5.74) is 7.39. The van der Waals surface area contributed by atoms with Crippen LogP contribution in [0.3, 0.4) is 0 Å². The molecule has 1 fully saturated rings. The van der Waals surface area contributed by atoms with E-state index < -0.39 is 0 Å². The van der Waals surface area contributed by atoms with Gasteiger partial charge in [0, 0.05) is 38.8 Å². The highest BCUT2D eigenvalue weighted by Crippen LogP contribution is 2.29. The van der Waals surface area contributed by atoms with Crippen molar-refractivity contribution in [2.75, 3.05) is 13.1 Å². The van der Waals surface area contributed by atoms with Crippen molar-refractivity contribution in [1.29, 1.82) is 0 Å². The Labute approximate surface area is 197 Å². The van der Waals surface area contributed by atoms with E-state index in [4.69, 9.17) is 5.10 Å². The Kier molecular flexibility index (Phi) is 4.94. The van der Waals surface area contributed by atoms with Gasteiger partial charge in [0.1, 0.15) is 11.5 Å². The standard InChI is InChI=1S/C26H27N7O/c1-18-5-3-6-20(15-18)17-32-22-7-8-25-28-27-19(2)33(25)24(22)16-23(32)21-9-13-31(29-21)14-10-26(34)30-11-4-12-30/h3,5-9,13,15-16H,4,10-12,14,17H2,1-2H3. The maximum atomic E-state index is 12.3. The molecule has 5 heterocycles. The number of hydrogen-bond acceptors (Lipinski definition) is 4. The van der Waals surface area contributed by atoms with Gasteiger partial charge >= 0.3 is 0 Å². The van der Waals surface area contributed by atoms with Crippen molar-refractivity contribution in [1.82, 2.24) is 33.8 Å². The number of benzene rings is 1. The predicted molar refractivity (Wildman–Crippen MR) is 131 cm³/mol. The third-order valence-corrected chi connectivity index (χ3v) is 6.69. The summed E-state index contributed by atoms with van der Waals surface area (Å²) in [6.45, 7) is 7.18. The molecule has 4 aromatic heterocycles. The summed E-state index contributed by atoms with van der Waals surface area (Å²) in [5, 5.41) is 13.4. The molecule has 34 heavy (non-hydrogen) atoms. The second kappa shape index (κ2) is 8.13. The molecule has 1 aliphatic heterocycles. The lowest BCUT2D eigenvalue weighted by molar-refractivity contribution is -0.134. The minimum Gasteiger partial charge on any atom is -0.343 e. The van der Waals surface area contributed by atoms with E-state index in [0.29, 0.717) is 13.0 Å². The number of aryl methyl sites for hydroxylation is 3. The van der Waals surface area contributed by atoms with Crippen molar-refractivity contribution in [3.63, 3.8) is 0 Å². The third-order valence-electron chi connectivity index (χ3n) is 6.69. The largest absolute Gasteiger partial charge is 0.343 e. The second-order valence-electron chi connectivity index (χ2n) is 9.10. The summed E-state index contributed by atoms with van der Waals surface area (Å²) in [6, 6.07) is 16.9. The quantitative estimate of drug-likeness (QED) is 0.392. The van der Waals surface area contributed by atoms with Crippen LogP contribution in [0.4, 0.5) is 0 Å². The fourth-order valence-corrected chi connectivity index (χ4v) is 4.77. The molecule has 1 amide bonds. The van der Waals surface area contributed by atoms with Crippen LogP contribution in [0.25, 0.3) is 28.1 Å². The van der Waals surface area contributed by atoms with Crippen LogP contribution in [-0.4, -0.2) is 52.8 Å². The number of aromatic nitrogens is 6. The first-order valence-corrected chi connectivity index (χ1v) is 11.8. The van der Waals surface area contributed by atoms with Gasteiger partial charge in [0.25, 0.3) is 0 Å². The molecule has 172 valence electrons. The Hall–Kier alpha value is -3.94. The SMILES string of the molecule is Cc1cccc(Cn2c(-c3ccn(CCC(=O)N4CCC4)n3)cc3c2ccc2nnc(C)n23)c1. The summed E-state index contributed by atoms with van der Waals surface area (Å²) < 4.78 is 6.27. The molecular weight excluding hydrogens is 426 g/mol. The molecule has 0 saturated carbocycles. The van der Waals surface area contributed by atoms with Gasteiger partial charge in [-0.2, -0.15) is 5.10 Å². The fraction of sp³-hybridized carbons (Fsp3) is 0.308. The van der Waals surface area contributed by atoms with Crippen LogP contribution in [0.1, 0.15) is 29.8 Å². The highest BCUT2D eigenvalue weighted by Gasteiger charge is 2.20. The maximum absolute atomic E-state index is 12.3. The number of carbonyl (C=O) groups is 1. The molecule has 8 heteroatoms. The summed E-state index contributed by atoms with van der Waals surface area (Å²) >= 11 is 0. The molecule has 5 aromatic rings. The second-order valence-corrected chi connectivity index (χ2v) is 9.10. The van der Waals surface area contributed by atoms with Crippen molar-refractivity contribution < 1.29 is 4.79 Å². The number of likely N-dealkylation sites (tertiary alicyclic amines) is 1. The lowest BCUT2D eigenvalue weighted by atomic mass is 10.1. The number of amides is 1. The van der Waals surface area contributed by atoms with Crippen LogP contribution in [0, 0.1) is 13.8 Å². The summed E-state index contributed by atoms with van der Waals surface area (Å²) in [6.07, 6.45) is 3.56. The molecule has 1 aliphatic rings. The Bertz CT molecular complexity index is 1520. The fourth-order valence-electron chi connectivity index (χ4n) is 4.77. The number of rotatable bonds is 6. The molecule has 1 saturated heterocycles. The van der Waals surface area contributed by atoms with Crippen molar-refractivity contribution in [2.45, 2.75) is 39.8 Å². The molecular formula is C26H27N7O. The molecule has 8 nitrogen and oxygen atoms in total. The number of hydrogen-bond donors (Lipinski definition) is 0. The number of carbonyl (C=O) groups excluding carboxylic acids is 1. The molecule has 0 spiro atoms. The third kappa shape index (κ3) is 3.55. The zero-order valence-electron chi connectivity index (χ0n) is 19.5. The lowest BCUT2D eigenvalue weighted by Gasteiger charge is -2.30. The van der Waals surface area contributed by atoms with Gasteiger partial charge in [-0.3, -0.25) is 13.9 Å². The highest BCUT2D eigenvalue weighted by molar-refractivity contribution is 5.86. The van der Waals surface area contributed by atoms with Crippen LogP contribution in [0.2, 0.25) is 0 Å². The van der Waals surface area contributed by atoms with Gasteiger partial charge in [-0.05, 0) is 50.1 Å². The first kappa shape index (κ1) is 20.7. The number of fused-ring (bicyclic) bond motifs is 3. The van der Waals surface area contributed by atoms with E-state index in [2.05, 4.69) is 62.5 Å². The van der Waals surface area contributed by atoms with Crippen LogP contribution >= 0.6 is 0 Å². The average Bonchev–Trinajstić information content (AvgIpc) is 3.49. The lowest BCUT2D eigenvalue weighted by Crippen LogP contribution is -2.42. The molecule has 0 radical (unpaired) electrons. The molecule has 0 unspecified atom stereocenters.